The second-order valence-electron chi connectivity index (χ2n) is 1.51. The quantitative estimate of drug-likeness (QED) is 0.784. The summed E-state index contributed by atoms with van der Waals surface area (Å²) in [4.78, 5) is 0. The molecule has 0 aliphatic carbocycles. The van der Waals surface area contributed by atoms with Gasteiger partial charge in [0.05, 0.1) is 17.9 Å². The SMILES string of the molecule is Cl.Cl.NCCNc1cnsn1. The molecule has 0 saturated carbocycles. The van der Waals surface area contributed by atoms with Crippen molar-refractivity contribution in [3.8, 4) is 0 Å². The van der Waals surface area contributed by atoms with Crippen molar-refractivity contribution in [2.24, 2.45) is 5.73 Å². The van der Waals surface area contributed by atoms with Crippen molar-refractivity contribution in [1.82, 2.24) is 8.75 Å². The lowest BCUT2D eigenvalue weighted by Gasteiger charge is -1.95. The molecule has 0 aliphatic heterocycles. The van der Waals surface area contributed by atoms with Gasteiger partial charge in [0.25, 0.3) is 0 Å². The number of hydrogen-bond donors (Lipinski definition) is 2. The van der Waals surface area contributed by atoms with E-state index in [-0.39, 0.29) is 24.8 Å². The first-order valence-corrected chi connectivity index (χ1v) is 3.38. The summed E-state index contributed by atoms with van der Waals surface area (Å²) in [6, 6.07) is 0. The highest BCUT2D eigenvalue weighted by molar-refractivity contribution is 6.99. The third-order valence-electron chi connectivity index (χ3n) is 0.812. The monoisotopic (exact) mass is 216 g/mol. The number of nitrogens with one attached hydrogen (secondary N) is 1. The van der Waals surface area contributed by atoms with Crippen molar-refractivity contribution >= 4 is 42.4 Å². The van der Waals surface area contributed by atoms with Crippen molar-refractivity contribution in [2.75, 3.05) is 18.4 Å². The molecular weight excluding hydrogens is 207 g/mol. The zero-order valence-corrected chi connectivity index (χ0v) is 8.14. The van der Waals surface area contributed by atoms with Crippen LogP contribution >= 0.6 is 36.5 Å². The van der Waals surface area contributed by atoms with Gasteiger partial charge >= 0.3 is 0 Å². The molecule has 0 bridgehead atoms. The smallest absolute Gasteiger partial charge is 0.160 e. The molecule has 3 N–H and O–H groups in total. The first-order chi connectivity index (χ1) is 4.43. The molecule has 0 amide bonds. The maximum Gasteiger partial charge on any atom is 0.160 e. The fraction of sp³-hybridized carbons (Fsp3) is 0.500. The average molecular weight is 217 g/mol. The summed E-state index contributed by atoms with van der Waals surface area (Å²) in [7, 11) is 0. The summed E-state index contributed by atoms with van der Waals surface area (Å²) in [5, 5.41) is 2.99. The van der Waals surface area contributed by atoms with Crippen molar-refractivity contribution in [3.05, 3.63) is 6.20 Å². The zero-order chi connectivity index (χ0) is 6.53. The average Bonchev–Trinajstić information content (AvgIpc) is 2.34. The molecule has 0 fully saturated rings. The lowest BCUT2D eigenvalue weighted by Crippen LogP contribution is -2.12. The van der Waals surface area contributed by atoms with Crippen LogP contribution < -0.4 is 11.1 Å². The number of nitrogens with two attached hydrogens (primary N) is 1. The van der Waals surface area contributed by atoms with Gasteiger partial charge in [0.15, 0.2) is 5.82 Å². The Kier molecular flexibility index (Phi) is 9.81. The lowest BCUT2D eigenvalue weighted by molar-refractivity contribution is 1.02. The van der Waals surface area contributed by atoms with Crippen LogP contribution in [0.25, 0.3) is 0 Å². The third kappa shape index (κ3) is 5.20. The van der Waals surface area contributed by atoms with Crippen molar-refractivity contribution in [1.29, 1.82) is 0 Å². The summed E-state index contributed by atoms with van der Waals surface area (Å²) >= 11 is 1.19. The van der Waals surface area contributed by atoms with E-state index in [1.165, 1.54) is 11.7 Å². The van der Waals surface area contributed by atoms with Gasteiger partial charge in [0.2, 0.25) is 0 Å². The Labute approximate surface area is 81.7 Å². The highest BCUT2D eigenvalue weighted by atomic mass is 35.5. The normalized spacial score (nSPS) is 7.73. The number of rotatable bonds is 3. The van der Waals surface area contributed by atoms with E-state index in [0.29, 0.717) is 6.54 Å². The van der Waals surface area contributed by atoms with Crippen LogP contribution in [0.2, 0.25) is 0 Å². The molecule has 1 rings (SSSR count). The molecule has 7 heteroatoms. The molecule has 11 heavy (non-hydrogen) atoms. The molecule has 0 aliphatic rings. The highest BCUT2D eigenvalue weighted by Crippen LogP contribution is 1.99. The largest absolute Gasteiger partial charge is 0.367 e. The Balaban J connectivity index is 0. The van der Waals surface area contributed by atoms with E-state index >= 15 is 0 Å². The molecular formula is C4H10Cl2N4S. The first-order valence-electron chi connectivity index (χ1n) is 2.65. The van der Waals surface area contributed by atoms with Crippen LogP contribution in [0.4, 0.5) is 5.82 Å². The van der Waals surface area contributed by atoms with Gasteiger partial charge in [-0.05, 0) is 0 Å². The standard InChI is InChI=1S/C4H8N4S.2ClH/c5-1-2-6-4-3-7-9-8-4;;/h3H,1-2,5H2,(H,6,8);2*1H. The Hall–Kier alpha value is -0.100. The maximum atomic E-state index is 5.24. The minimum atomic E-state index is 0. The van der Waals surface area contributed by atoms with E-state index < -0.39 is 0 Å². The summed E-state index contributed by atoms with van der Waals surface area (Å²) < 4.78 is 7.72. The van der Waals surface area contributed by atoms with Crippen LogP contribution in [-0.2, 0) is 0 Å². The van der Waals surface area contributed by atoms with Crippen LogP contribution in [0, 0.1) is 0 Å². The summed E-state index contributed by atoms with van der Waals surface area (Å²) in [5.74, 6) is 0.811. The van der Waals surface area contributed by atoms with Crippen molar-refractivity contribution in [2.45, 2.75) is 0 Å². The fourth-order valence-electron chi connectivity index (χ4n) is 0.443. The van der Waals surface area contributed by atoms with Gasteiger partial charge in [-0.1, -0.05) is 0 Å². The van der Waals surface area contributed by atoms with Crippen LogP contribution in [0.5, 0.6) is 0 Å². The number of aromatic nitrogens is 2. The van der Waals surface area contributed by atoms with Gasteiger partial charge in [-0.25, -0.2) is 0 Å². The molecule has 1 heterocycles. The number of anilines is 1. The van der Waals surface area contributed by atoms with E-state index in [1.807, 2.05) is 0 Å². The molecule has 0 radical (unpaired) electrons. The van der Waals surface area contributed by atoms with Crippen molar-refractivity contribution in [3.63, 3.8) is 0 Å². The Morgan fingerprint density at radius 3 is 2.73 bits per heavy atom. The second kappa shape index (κ2) is 8.00. The van der Waals surface area contributed by atoms with Crippen molar-refractivity contribution < 1.29 is 0 Å². The van der Waals surface area contributed by atoms with Gasteiger partial charge < -0.3 is 11.1 Å². The topological polar surface area (TPSA) is 63.8 Å². The molecule has 0 atom stereocenters. The molecule has 1 aromatic rings. The minimum absolute atomic E-state index is 0. The molecule has 1 aromatic heterocycles. The summed E-state index contributed by atoms with van der Waals surface area (Å²) in [6.45, 7) is 1.38. The number of hydrogen-bond acceptors (Lipinski definition) is 5. The van der Waals surface area contributed by atoms with Gasteiger partial charge in [0, 0.05) is 13.1 Å². The van der Waals surface area contributed by atoms with Crippen LogP contribution in [0.1, 0.15) is 0 Å². The van der Waals surface area contributed by atoms with Gasteiger partial charge in [-0.3, -0.25) is 0 Å². The second-order valence-corrected chi connectivity index (χ2v) is 2.06. The molecule has 0 aromatic carbocycles. The molecule has 0 saturated heterocycles. The predicted molar refractivity (Wildman–Crippen MR) is 51.9 cm³/mol. The van der Waals surface area contributed by atoms with Gasteiger partial charge in [0.1, 0.15) is 0 Å². The molecule has 0 unspecified atom stereocenters. The Morgan fingerprint density at radius 2 is 2.27 bits per heavy atom. The first kappa shape index (κ1) is 13.5. The Morgan fingerprint density at radius 1 is 1.55 bits per heavy atom. The van der Waals surface area contributed by atoms with Crippen LogP contribution in [-0.4, -0.2) is 21.8 Å². The molecule has 4 nitrogen and oxygen atoms in total. The van der Waals surface area contributed by atoms with E-state index in [4.69, 9.17) is 5.73 Å². The number of nitrogens with zero attached hydrogens (tertiary/aromatic N) is 2. The summed E-state index contributed by atoms with van der Waals surface area (Å²) in [6.07, 6.45) is 1.68. The van der Waals surface area contributed by atoms with E-state index in [2.05, 4.69) is 14.1 Å². The predicted octanol–water partition coefficient (Wildman–Crippen LogP) is 0.752. The summed E-state index contributed by atoms with van der Waals surface area (Å²) in [5.41, 5.74) is 5.24. The molecule has 0 spiro atoms. The minimum Gasteiger partial charge on any atom is -0.367 e. The van der Waals surface area contributed by atoms with Gasteiger partial charge in [-0.2, -0.15) is 8.75 Å². The van der Waals surface area contributed by atoms with E-state index in [1.54, 1.807) is 6.20 Å². The third-order valence-corrected chi connectivity index (χ3v) is 1.29. The lowest BCUT2D eigenvalue weighted by atomic mass is 10.6. The fourth-order valence-corrected chi connectivity index (χ4v) is 0.837. The number of halogens is 2. The van der Waals surface area contributed by atoms with E-state index in [0.717, 1.165) is 12.4 Å². The maximum absolute atomic E-state index is 5.24. The van der Waals surface area contributed by atoms with E-state index in [9.17, 15) is 0 Å². The van der Waals surface area contributed by atoms with Crippen LogP contribution in [0.15, 0.2) is 6.20 Å². The Bertz CT molecular complexity index is 157. The highest BCUT2D eigenvalue weighted by Gasteiger charge is 1.89. The van der Waals surface area contributed by atoms with Gasteiger partial charge in [-0.15, -0.1) is 24.8 Å². The molecule has 66 valence electrons. The zero-order valence-electron chi connectivity index (χ0n) is 5.69. The van der Waals surface area contributed by atoms with Crippen LogP contribution in [0.3, 0.4) is 0 Å².